The highest BCUT2D eigenvalue weighted by molar-refractivity contribution is 5.90. The van der Waals surface area contributed by atoms with Crippen LogP contribution in [0.25, 0.3) is 0 Å². The SMILES string of the molecule is CCc1onc(C)c1NC(=O)NCC(F)(F)c1cccc(F)c1. The van der Waals surface area contributed by atoms with E-state index in [9.17, 15) is 18.0 Å². The highest BCUT2D eigenvalue weighted by atomic mass is 19.3. The van der Waals surface area contributed by atoms with Gasteiger partial charge in [-0.15, -0.1) is 0 Å². The molecule has 0 saturated carbocycles. The molecule has 2 N–H and O–H groups in total. The zero-order valence-corrected chi connectivity index (χ0v) is 12.6. The standard InChI is InChI=1S/C15H16F3N3O2/c1-3-12-13(9(2)21-23-12)20-14(22)19-8-15(17,18)10-5-4-6-11(16)7-10/h4-7H,3,8H2,1-2H3,(H2,19,20,22). The Morgan fingerprint density at radius 2 is 2.13 bits per heavy atom. The number of alkyl halides is 2. The summed E-state index contributed by atoms with van der Waals surface area (Å²) in [6.07, 6.45) is 0.496. The summed E-state index contributed by atoms with van der Waals surface area (Å²) in [6.45, 7) is 2.47. The van der Waals surface area contributed by atoms with Gasteiger partial charge in [0.05, 0.1) is 6.54 Å². The summed E-state index contributed by atoms with van der Waals surface area (Å²) in [7, 11) is 0. The minimum absolute atomic E-state index is 0.360. The number of urea groups is 1. The fourth-order valence-corrected chi connectivity index (χ4v) is 1.99. The summed E-state index contributed by atoms with van der Waals surface area (Å²) < 4.78 is 45.9. The van der Waals surface area contributed by atoms with Gasteiger partial charge in [0.15, 0.2) is 5.76 Å². The summed E-state index contributed by atoms with van der Waals surface area (Å²) in [5.74, 6) is -3.70. The average Bonchev–Trinajstić information content (AvgIpc) is 2.86. The van der Waals surface area contributed by atoms with Gasteiger partial charge in [-0.2, -0.15) is 8.78 Å². The predicted molar refractivity (Wildman–Crippen MR) is 77.9 cm³/mol. The molecule has 5 nitrogen and oxygen atoms in total. The van der Waals surface area contributed by atoms with E-state index in [-0.39, 0.29) is 0 Å². The van der Waals surface area contributed by atoms with Crippen LogP contribution < -0.4 is 10.6 Å². The quantitative estimate of drug-likeness (QED) is 0.882. The van der Waals surface area contributed by atoms with Crippen LogP contribution in [0, 0.1) is 12.7 Å². The number of nitrogens with one attached hydrogen (secondary N) is 2. The lowest BCUT2D eigenvalue weighted by molar-refractivity contribution is -0.000371. The molecule has 0 bridgehead atoms. The van der Waals surface area contributed by atoms with Crippen molar-refractivity contribution in [1.29, 1.82) is 0 Å². The highest BCUT2D eigenvalue weighted by Gasteiger charge is 2.32. The number of aryl methyl sites for hydroxylation is 2. The molecule has 2 amide bonds. The molecule has 0 aliphatic rings. The molecule has 0 fully saturated rings. The minimum atomic E-state index is -3.39. The van der Waals surface area contributed by atoms with Crippen LogP contribution in [0.4, 0.5) is 23.7 Å². The molecule has 0 radical (unpaired) electrons. The lowest BCUT2D eigenvalue weighted by atomic mass is 10.1. The summed E-state index contributed by atoms with van der Waals surface area (Å²) in [5.41, 5.74) is 0.307. The molecule has 0 unspecified atom stereocenters. The first-order valence-electron chi connectivity index (χ1n) is 6.97. The van der Waals surface area contributed by atoms with Gasteiger partial charge in [0.1, 0.15) is 17.2 Å². The molecule has 23 heavy (non-hydrogen) atoms. The Morgan fingerprint density at radius 1 is 1.39 bits per heavy atom. The molecule has 8 heteroatoms. The number of aromatic nitrogens is 1. The monoisotopic (exact) mass is 327 g/mol. The normalized spacial score (nSPS) is 11.3. The second-order valence-electron chi connectivity index (χ2n) is 4.94. The number of hydrogen-bond donors (Lipinski definition) is 2. The topological polar surface area (TPSA) is 67.2 Å². The lowest BCUT2D eigenvalue weighted by Crippen LogP contribution is -2.37. The van der Waals surface area contributed by atoms with Gasteiger partial charge >= 0.3 is 6.03 Å². The van der Waals surface area contributed by atoms with Crippen LogP contribution in [-0.4, -0.2) is 17.7 Å². The number of halogens is 3. The van der Waals surface area contributed by atoms with Crippen molar-refractivity contribution in [2.45, 2.75) is 26.2 Å². The van der Waals surface area contributed by atoms with Crippen LogP contribution in [-0.2, 0) is 12.3 Å². The molecular weight excluding hydrogens is 311 g/mol. The fraction of sp³-hybridized carbons (Fsp3) is 0.333. The van der Waals surface area contributed by atoms with Gasteiger partial charge < -0.3 is 15.2 Å². The summed E-state index contributed by atoms with van der Waals surface area (Å²) in [4.78, 5) is 11.8. The maximum atomic E-state index is 14.0. The molecular formula is C15H16F3N3O2. The number of anilines is 1. The first-order chi connectivity index (χ1) is 10.8. The van der Waals surface area contributed by atoms with Crippen molar-refractivity contribution >= 4 is 11.7 Å². The molecule has 0 atom stereocenters. The summed E-state index contributed by atoms with van der Waals surface area (Å²) in [6, 6.07) is 3.27. The van der Waals surface area contributed by atoms with Crippen molar-refractivity contribution < 1.29 is 22.5 Å². The van der Waals surface area contributed by atoms with E-state index in [0.717, 1.165) is 18.2 Å². The van der Waals surface area contributed by atoms with E-state index >= 15 is 0 Å². The number of rotatable bonds is 5. The van der Waals surface area contributed by atoms with Crippen LogP contribution >= 0.6 is 0 Å². The zero-order chi connectivity index (χ0) is 17.0. The van der Waals surface area contributed by atoms with E-state index in [1.54, 1.807) is 13.8 Å². The Bertz CT molecular complexity index is 701. The van der Waals surface area contributed by atoms with Crippen molar-refractivity contribution in [2.24, 2.45) is 0 Å². The van der Waals surface area contributed by atoms with Crippen molar-refractivity contribution in [1.82, 2.24) is 10.5 Å². The van der Waals surface area contributed by atoms with Crippen LogP contribution in [0.15, 0.2) is 28.8 Å². The lowest BCUT2D eigenvalue weighted by Gasteiger charge is -2.17. The molecule has 124 valence electrons. The molecule has 2 rings (SSSR count). The molecule has 0 aliphatic heterocycles. The number of carbonyl (C=O) groups excluding carboxylic acids is 1. The molecule has 1 aromatic carbocycles. The summed E-state index contributed by atoms with van der Waals surface area (Å²) >= 11 is 0. The van der Waals surface area contributed by atoms with Crippen LogP contribution in [0.3, 0.4) is 0 Å². The Morgan fingerprint density at radius 3 is 2.78 bits per heavy atom. The highest BCUT2D eigenvalue weighted by Crippen LogP contribution is 2.27. The van der Waals surface area contributed by atoms with E-state index < -0.39 is 29.9 Å². The van der Waals surface area contributed by atoms with Gasteiger partial charge in [-0.1, -0.05) is 24.2 Å². The van der Waals surface area contributed by atoms with Crippen molar-refractivity contribution in [3.8, 4) is 0 Å². The Labute approximate surface area is 130 Å². The Balaban J connectivity index is 1.99. The van der Waals surface area contributed by atoms with E-state index in [4.69, 9.17) is 4.52 Å². The first-order valence-corrected chi connectivity index (χ1v) is 6.97. The van der Waals surface area contributed by atoms with Crippen LogP contribution in [0.1, 0.15) is 23.9 Å². The van der Waals surface area contributed by atoms with Crippen molar-refractivity contribution in [3.05, 3.63) is 47.1 Å². The van der Waals surface area contributed by atoms with Crippen molar-refractivity contribution in [3.63, 3.8) is 0 Å². The van der Waals surface area contributed by atoms with Crippen LogP contribution in [0.2, 0.25) is 0 Å². The summed E-state index contributed by atoms with van der Waals surface area (Å²) in [5, 5.41) is 8.20. The average molecular weight is 327 g/mol. The minimum Gasteiger partial charge on any atom is -0.359 e. The third-order valence-electron chi connectivity index (χ3n) is 3.21. The van der Waals surface area contributed by atoms with E-state index in [1.165, 1.54) is 6.07 Å². The third-order valence-corrected chi connectivity index (χ3v) is 3.21. The predicted octanol–water partition coefficient (Wildman–Crippen LogP) is 3.60. The third kappa shape index (κ3) is 4.02. The second kappa shape index (κ2) is 6.72. The molecule has 2 aromatic rings. The van der Waals surface area contributed by atoms with Gasteiger partial charge in [0, 0.05) is 12.0 Å². The van der Waals surface area contributed by atoms with Gasteiger partial charge in [-0.25, -0.2) is 9.18 Å². The molecule has 0 spiro atoms. The number of amides is 2. The number of carbonyl (C=O) groups is 1. The Kier molecular flexibility index (Phi) is 4.92. The van der Waals surface area contributed by atoms with Crippen molar-refractivity contribution in [2.75, 3.05) is 11.9 Å². The fourth-order valence-electron chi connectivity index (χ4n) is 1.99. The van der Waals surface area contributed by atoms with Gasteiger partial charge in [-0.05, 0) is 19.1 Å². The van der Waals surface area contributed by atoms with Crippen LogP contribution in [0.5, 0.6) is 0 Å². The van der Waals surface area contributed by atoms with Gasteiger partial charge in [0.25, 0.3) is 5.92 Å². The smallest absolute Gasteiger partial charge is 0.319 e. The number of nitrogens with zero attached hydrogens (tertiary/aromatic N) is 1. The van der Waals surface area contributed by atoms with Gasteiger partial charge in [-0.3, -0.25) is 0 Å². The van der Waals surface area contributed by atoms with Gasteiger partial charge in [0.2, 0.25) is 0 Å². The van der Waals surface area contributed by atoms with E-state index in [0.29, 0.717) is 23.6 Å². The molecule has 1 aromatic heterocycles. The Hall–Kier alpha value is -2.51. The number of benzene rings is 1. The maximum absolute atomic E-state index is 14.0. The molecule has 0 aliphatic carbocycles. The second-order valence-corrected chi connectivity index (χ2v) is 4.94. The molecule has 1 heterocycles. The van der Waals surface area contributed by atoms with E-state index in [1.807, 2.05) is 0 Å². The zero-order valence-electron chi connectivity index (χ0n) is 12.6. The maximum Gasteiger partial charge on any atom is 0.319 e. The first kappa shape index (κ1) is 16.9. The number of hydrogen-bond acceptors (Lipinski definition) is 3. The molecule has 0 saturated heterocycles. The largest absolute Gasteiger partial charge is 0.359 e. The van der Waals surface area contributed by atoms with E-state index in [2.05, 4.69) is 15.8 Å².